The number of aryl methyl sites for hydroxylation is 2. The van der Waals surface area contributed by atoms with Crippen LogP contribution in [0.25, 0.3) is 0 Å². The van der Waals surface area contributed by atoms with E-state index in [4.69, 9.17) is 4.99 Å². The maximum Gasteiger partial charge on any atom is 0.272 e. The first-order valence-electron chi connectivity index (χ1n) is 9.30. The topological polar surface area (TPSA) is 44.7 Å². The molecule has 0 unspecified atom stereocenters. The zero-order valence-corrected chi connectivity index (χ0v) is 15.5. The van der Waals surface area contributed by atoms with Crippen LogP contribution in [0.2, 0.25) is 0 Å². The highest BCUT2D eigenvalue weighted by Crippen LogP contribution is 2.29. The van der Waals surface area contributed by atoms with Crippen molar-refractivity contribution in [2.75, 3.05) is 13.1 Å². The predicted octanol–water partition coefficient (Wildman–Crippen LogP) is 3.21. The molecule has 1 spiro atoms. The molecule has 0 aromatic heterocycles. The first-order chi connectivity index (χ1) is 12.5. The van der Waals surface area contributed by atoms with Gasteiger partial charge in [0.05, 0.1) is 0 Å². The Bertz CT molecular complexity index is 846. The summed E-state index contributed by atoms with van der Waals surface area (Å²) in [7, 11) is 0. The van der Waals surface area contributed by atoms with Gasteiger partial charge in [0.2, 0.25) is 0 Å². The van der Waals surface area contributed by atoms with Gasteiger partial charge in [-0.15, -0.1) is 0 Å². The van der Waals surface area contributed by atoms with E-state index in [2.05, 4.69) is 41.4 Å². The van der Waals surface area contributed by atoms with Crippen LogP contribution in [-0.2, 0) is 11.3 Å². The van der Waals surface area contributed by atoms with Gasteiger partial charge in [-0.05, 0) is 25.5 Å². The van der Waals surface area contributed by atoms with E-state index < -0.39 is 5.66 Å². The molecule has 1 amide bonds. The van der Waals surface area contributed by atoms with Crippen LogP contribution >= 0.6 is 0 Å². The van der Waals surface area contributed by atoms with E-state index >= 15 is 0 Å². The van der Waals surface area contributed by atoms with Gasteiger partial charge in [-0.1, -0.05) is 53.6 Å². The summed E-state index contributed by atoms with van der Waals surface area (Å²) in [4.78, 5) is 19.8. The van der Waals surface area contributed by atoms with Gasteiger partial charge in [0.25, 0.3) is 5.91 Å². The Kier molecular flexibility index (Phi) is 4.37. The van der Waals surface area contributed by atoms with Crippen LogP contribution in [0.15, 0.2) is 53.5 Å². The standard InChI is InChI=1S/C22H25N3O/c1-16-6-8-18(9-7-16)15-25-12-10-22(11-13-25)23-20(21(26)24-22)19-5-3-4-17(2)14-19/h3-9,14H,10-13,15H2,1-2H3,(H,24,26). The third kappa shape index (κ3) is 3.42. The molecule has 1 saturated heterocycles. The molecule has 2 aromatic rings. The Morgan fingerprint density at radius 3 is 2.46 bits per heavy atom. The molecule has 134 valence electrons. The largest absolute Gasteiger partial charge is 0.326 e. The van der Waals surface area contributed by atoms with E-state index in [0.29, 0.717) is 5.71 Å². The fourth-order valence-electron chi connectivity index (χ4n) is 3.82. The molecule has 0 radical (unpaired) electrons. The third-order valence-electron chi connectivity index (χ3n) is 5.39. The summed E-state index contributed by atoms with van der Waals surface area (Å²) < 4.78 is 0. The monoisotopic (exact) mass is 347 g/mol. The summed E-state index contributed by atoms with van der Waals surface area (Å²) in [5.74, 6) is -0.0393. The van der Waals surface area contributed by atoms with Gasteiger partial charge in [0, 0.05) is 38.0 Å². The normalized spacial score (nSPS) is 19.5. The summed E-state index contributed by atoms with van der Waals surface area (Å²) in [6, 6.07) is 16.7. The lowest BCUT2D eigenvalue weighted by Gasteiger charge is -2.37. The van der Waals surface area contributed by atoms with Crippen LogP contribution in [0, 0.1) is 13.8 Å². The highest BCUT2D eigenvalue weighted by molar-refractivity contribution is 6.46. The number of amides is 1. The van der Waals surface area contributed by atoms with Crippen LogP contribution in [0.3, 0.4) is 0 Å². The highest BCUT2D eigenvalue weighted by Gasteiger charge is 2.41. The van der Waals surface area contributed by atoms with E-state index in [9.17, 15) is 4.79 Å². The second-order valence-electron chi connectivity index (χ2n) is 7.58. The van der Waals surface area contributed by atoms with Crippen molar-refractivity contribution in [3.8, 4) is 0 Å². The number of carbonyl (C=O) groups is 1. The second kappa shape index (κ2) is 6.69. The first-order valence-corrected chi connectivity index (χ1v) is 9.30. The van der Waals surface area contributed by atoms with Crippen molar-refractivity contribution in [2.24, 2.45) is 4.99 Å². The molecule has 1 fully saturated rings. The van der Waals surface area contributed by atoms with E-state index in [1.165, 1.54) is 11.1 Å². The minimum atomic E-state index is -0.417. The van der Waals surface area contributed by atoms with Crippen molar-refractivity contribution in [2.45, 2.75) is 38.9 Å². The molecule has 0 aliphatic carbocycles. The van der Waals surface area contributed by atoms with Crippen LogP contribution in [0.1, 0.15) is 35.1 Å². The van der Waals surface area contributed by atoms with Gasteiger partial charge >= 0.3 is 0 Å². The minimum absolute atomic E-state index is 0.0393. The number of nitrogens with zero attached hydrogens (tertiary/aromatic N) is 2. The lowest BCUT2D eigenvalue weighted by molar-refractivity contribution is -0.115. The van der Waals surface area contributed by atoms with Crippen molar-refractivity contribution in [1.29, 1.82) is 0 Å². The predicted molar refractivity (Wildman–Crippen MR) is 104 cm³/mol. The Balaban J connectivity index is 1.45. The fraction of sp³-hybridized carbons (Fsp3) is 0.364. The molecular formula is C22H25N3O. The molecule has 4 nitrogen and oxygen atoms in total. The fourth-order valence-corrected chi connectivity index (χ4v) is 3.82. The van der Waals surface area contributed by atoms with Gasteiger partial charge in [-0.3, -0.25) is 14.7 Å². The van der Waals surface area contributed by atoms with Crippen LogP contribution in [-0.4, -0.2) is 35.3 Å². The number of carbonyl (C=O) groups excluding carboxylic acids is 1. The molecule has 2 heterocycles. The molecule has 2 aromatic carbocycles. The number of rotatable bonds is 3. The molecule has 0 bridgehead atoms. The summed E-state index contributed by atoms with van der Waals surface area (Å²) in [6.45, 7) is 6.99. The average Bonchev–Trinajstić information content (AvgIpc) is 2.95. The number of piperidine rings is 1. The quantitative estimate of drug-likeness (QED) is 0.927. The first kappa shape index (κ1) is 17.0. The molecule has 4 rings (SSSR count). The lowest BCUT2D eigenvalue weighted by atomic mass is 9.97. The number of likely N-dealkylation sites (tertiary alicyclic amines) is 1. The second-order valence-corrected chi connectivity index (χ2v) is 7.58. The molecule has 0 saturated carbocycles. The maximum atomic E-state index is 12.5. The van der Waals surface area contributed by atoms with E-state index in [-0.39, 0.29) is 5.91 Å². The summed E-state index contributed by atoms with van der Waals surface area (Å²) in [6.07, 6.45) is 1.72. The summed E-state index contributed by atoms with van der Waals surface area (Å²) in [5.41, 5.74) is 4.86. The zero-order valence-electron chi connectivity index (χ0n) is 15.5. The molecule has 1 N–H and O–H groups in total. The van der Waals surface area contributed by atoms with Gasteiger partial charge in [0.1, 0.15) is 11.4 Å². The molecule has 2 aliphatic heterocycles. The average molecular weight is 347 g/mol. The van der Waals surface area contributed by atoms with Crippen molar-refractivity contribution in [1.82, 2.24) is 10.2 Å². The zero-order chi connectivity index (χ0) is 18.1. The van der Waals surface area contributed by atoms with Gasteiger partial charge in [-0.25, -0.2) is 0 Å². The molecule has 4 heteroatoms. The SMILES string of the molecule is Cc1ccc(CN2CCC3(CC2)N=C(c2cccc(C)c2)C(=O)N3)cc1. The third-order valence-corrected chi connectivity index (χ3v) is 5.39. The summed E-state index contributed by atoms with van der Waals surface area (Å²) >= 11 is 0. The number of benzene rings is 2. The highest BCUT2D eigenvalue weighted by atomic mass is 16.2. The van der Waals surface area contributed by atoms with Gasteiger partial charge in [0.15, 0.2) is 0 Å². The maximum absolute atomic E-state index is 12.5. The Labute approximate surface area is 154 Å². The Hall–Kier alpha value is -2.46. The van der Waals surface area contributed by atoms with Crippen LogP contribution < -0.4 is 5.32 Å². The van der Waals surface area contributed by atoms with E-state index in [1.807, 2.05) is 31.2 Å². The Morgan fingerprint density at radius 1 is 1.04 bits per heavy atom. The van der Waals surface area contributed by atoms with E-state index in [0.717, 1.165) is 43.6 Å². The van der Waals surface area contributed by atoms with Gasteiger partial charge in [-0.2, -0.15) is 0 Å². The van der Waals surface area contributed by atoms with Crippen LogP contribution in [0.4, 0.5) is 0 Å². The number of hydrogen-bond donors (Lipinski definition) is 1. The van der Waals surface area contributed by atoms with Gasteiger partial charge < -0.3 is 5.32 Å². The van der Waals surface area contributed by atoms with E-state index in [1.54, 1.807) is 0 Å². The summed E-state index contributed by atoms with van der Waals surface area (Å²) in [5, 5.41) is 3.16. The van der Waals surface area contributed by atoms with Crippen molar-refractivity contribution in [3.05, 3.63) is 70.8 Å². The molecular weight excluding hydrogens is 322 g/mol. The molecule has 0 atom stereocenters. The van der Waals surface area contributed by atoms with Crippen molar-refractivity contribution >= 4 is 11.6 Å². The van der Waals surface area contributed by atoms with Crippen molar-refractivity contribution in [3.63, 3.8) is 0 Å². The lowest BCUT2D eigenvalue weighted by Crippen LogP contribution is -2.50. The van der Waals surface area contributed by atoms with Crippen molar-refractivity contribution < 1.29 is 4.79 Å². The molecule has 26 heavy (non-hydrogen) atoms. The number of aliphatic imine (C=N–C) groups is 1. The number of nitrogens with one attached hydrogen (secondary N) is 1. The smallest absolute Gasteiger partial charge is 0.272 e. The number of hydrogen-bond acceptors (Lipinski definition) is 3. The van der Waals surface area contributed by atoms with Crippen LogP contribution in [0.5, 0.6) is 0 Å². The molecule has 2 aliphatic rings. The minimum Gasteiger partial charge on any atom is -0.326 e. The Morgan fingerprint density at radius 2 is 1.77 bits per heavy atom.